The van der Waals surface area contributed by atoms with Crippen molar-refractivity contribution in [3.8, 4) is 0 Å². The Morgan fingerprint density at radius 2 is 2.08 bits per heavy atom. The first-order chi connectivity index (χ1) is 5.66. The average Bonchev–Trinajstić information content (AvgIpc) is 1.98. The molecule has 0 aliphatic heterocycles. The predicted octanol–water partition coefficient (Wildman–Crippen LogP) is 1.26. The van der Waals surface area contributed by atoms with Gasteiger partial charge in [-0.15, -0.1) is 0 Å². The number of thioether (sulfide) groups is 1. The minimum Gasteiger partial charge on any atom is -0.466 e. The van der Waals surface area contributed by atoms with Crippen LogP contribution in [0.25, 0.3) is 0 Å². The van der Waals surface area contributed by atoms with E-state index in [1.807, 2.05) is 0 Å². The van der Waals surface area contributed by atoms with Gasteiger partial charge >= 0.3 is 5.97 Å². The molecule has 0 aliphatic carbocycles. The lowest BCUT2D eigenvalue weighted by Gasteiger charge is -1.99. The van der Waals surface area contributed by atoms with E-state index in [-0.39, 0.29) is 11.8 Å². The Balaban J connectivity index is 3.19. The molecule has 0 amide bonds. The van der Waals surface area contributed by atoms with Crippen molar-refractivity contribution in [1.82, 2.24) is 0 Å². The zero-order chi connectivity index (χ0) is 9.40. The van der Waals surface area contributed by atoms with Crippen molar-refractivity contribution in [3.63, 3.8) is 0 Å². The summed E-state index contributed by atoms with van der Waals surface area (Å²) in [6, 6.07) is 0. The fraction of sp³-hybridized carbons (Fsp3) is 0.750. The number of carbonyl (C=O) groups excluding carboxylic acids is 2. The highest BCUT2D eigenvalue weighted by Gasteiger charge is 2.01. The third-order valence-corrected chi connectivity index (χ3v) is 2.16. The van der Waals surface area contributed by atoms with E-state index in [0.29, 0.717) is 24.5 Å². The molecule has 4 heteroatoms. The summed E-state index contributed by atoms with van der Waals surface area (Å²) in [5, 5.41) is 0. The second-order valence-corrected chi connectivity index (χ2v) is 3.41. The molecule has 0 saturated carbocycles. The van der Waals surface area contributed by atoms with Crippen molar-refractivity contribution in [1.29, 1.82) is 0 Å². The van der Waals surface area contributed by atoms with Crippen LogP contribution >= 0.6 is 11.8 Å². The number of ketones is 1. The lowest BCUT2D eigenvalue weighted by molar-refractivity contribution is -0.142. The van der Waals surface area contributed by atoms with E-state index in [2.05, 4.69) is 0 Å². The summed E-state index contributed by atoms with van der Waals surface area (Å²) in [6.07, 6.45) is 0.395. The number of rotatable bonds is 6. The van der Waals surface area contributed by atoms with Crippen LogP contribution in [0, 0.1) is 0 Å². The summed E-state index contributed by atoms with van der Waals surface area (Å²) in [5.74, 6) is 1.11. The maximum absolute atomic E-state index is 10.8. The lowest BCUT2D eigenvalue weighted by atomic mass is 10.5. The van der Waals surface area contributed by atoms with Crippen molar-refractivity contribution in [2.45, 2.75) is 20.3 Å². The van der Waals surface area contributed by atoms with Crippen LogP contribution in [0.2, 0.25) is 0 Å². The normalized spacial score (nSPS) is 9.50. The van der Waals surface area contributed by atoms with E-state index >= 15 is 0 Å². The molecule has 0 radical (unpaired) electrons. The highest BCUT2D eigenvalue weighted by molar-refractivity contribution is 7.99. The van der Waals surface area contributed by atoms with Gasteiger partial charge in [0.15, 0.2) is 0 Å². The van der Waals surface area contributed by atoms with E-state index < -0.39 is 0 Å². The van der Waals surface area contributed by atoms with Gasteiger partial charge in [-0.1, -0.05) is 0 Å². The smallest absolute Gasteiger partial charge is 0.306 e. The second kappa shape index (κ2) is 7.16. The topological polar surface area (TPSA) is 43.4 Å². The fourth-order valence-corrected chi connectivity index (χ4v) is 1.35. The van der Waals surface area contributed by atoms with Gasteiger partial charge in [0.25, 0.3) is 0 Å². The zero-order valence-corrected chi connectivity index (χ0v) is 8.28. The summed E-state index contributed by atoms with van der Waals surface area (Å²) < 4.78 is 4.71. The number of esters is 1. The molecule has 0 unspecified atom stereocenters. The summed E-state index contributed by atoms with van der Waals surface area (Å²) in [6.45, 7) is 3.74. The molecule has 70 valence electrons. The van der Waals surface area contributed by atoms with E-state index in [0.717, 1.165) is 0 Å². The highest BCUT2D eigenvalue weighted by Crippen LogP contribution is 2.02. The van der Waals surface area contributed by atoms with Crippen molar-refractivity contribution in [2.75, 3.05) is 18.1 Å². The standard InChI is InChI=1S/C8H14O3S/c1-3-11-8(10)4-5-12-6-7(2)9/h3-6H2,1-2H3. The van der Waals surface area contributed by atoms with Gasteiger partial charge in [-0.25, -0.2) is 0 Å². The quantitative estimate of drug-likeness (QED) is 0.467. The van der Waals surface area contributed by atoms with E-state index in [9.17, 15) is 9.59 Å². The lowest BCUT2D eigenvalue weighted by Crippen LogP contribution is -2.05. The number of Topliss-reactive ketones (excluding diaryl/α,β-unsaturated/α-hetero) is 1. The molecule has 0 N–H and O–H groups in total. The first-order valence-corrected chi connectivity index (χ1v) is 5.05. The monoisotopic (exact) mass is 190 g/mol. The Kier molecular flexibility index (Phi) is 6.85. The third-order valence-electron chi connectivity index (χ3n) is 1.06. The first kappa shape index (κ1) is 11.5. The fourth-order valence-electron chi connectivity index (χ4n) is 0.605. The Morgan fingerprint density at radius 3 is 2.58 bits per heavy atom. The van der Waals surface area contributed by atoms with Gasteiger partial charge in [-0.05, 0) is 13.8 Å². The van der Waals surface area contributed by atoms with Crippen LogP contribution in [0.5, 0.6) is 0 Å². The molecule has 0 bridgehead atoms. The SMILES string of the molecule is CCOC(=O)CCSCC(C)=O. The minimum atomic E-state index is -0.187. The molecule has 0 aromatic rings. The maximum atomic E-state index is 10.8. The minimum absolute atomic E-state index is 0.142. The Bertz CT molecular complexity index is 156. The average molecular weight is 190 g/mol. The van der Waals surface area contributed by atoms with E-state index in [4.69, 9.17) is 4.74 Å². The number of ether oxygens (including phenoxy) is 1. The van der Waals surface area contributed by atoms with Crippen LogP contribution in [0.15, 0.2) is 0 Å². The molecular formula is C8H14O3S. The summed E-state index contributed by atoms with van der Waals surface area (Å²) >= 11 is 1.47. The predicted molar refractivity (Wildman–Crippen MR) is 49.3 cm³/mol. The molecule has 0 spiro atoms. The van der Waals surface area contributed by atoms with Gasteiger partial charge < -0.3 is 4.74 Å². The van der Waals surface area contributed by atoms with Crippen LogP contribution in [0.3, 0.4) is 0 Å². The van der Waals surface area contributed by atoms with Crippen LogP contribution in [0.4, 0.5) is 0 Å². The van der Waals surface area contributed by atoms with E-state index in [1.54, 1.807) is 6.92 Å². The summed E-state index contributed by atoms with van der Waals surface area (Å²) in [7, 11) is 0. The van der Waals surface area contributed by atoms with Crippen LogP contribution < -0.4 is 0 Å². The Morgan fingerprint density at radius 1 is 1.42 bits per heavy atom. The van der Waals surface area contributed by atoms with Gasteiger partial charge in [0.2, 0.25) is 0 Å². The van der Waals surface area contributed by atoms with Crippen LogP contribution in [-0.2, 0) is 14.3 Å². The first-order valence-electron chi connectivity index (χ1n) is 3.89. The van der Waals surface area contributed by atoms with Crippen LogP contribution in [-0.4, -0.2) is 29.9 Å². The van der Waals surface area contributed by atoms with Crippen molar-refractivity contribution in [3.05, 3.63) is 0 Å². The Labute approximate surface area is 76.9 Å². The number of carbonyl (C=O) groups is 2. The molecule has 0 fully saturated rings. The van der Waals surface area contributed by atoms with Crippen LogP contribution in [0.1, 0.15) is 20.3 Å². The molecule has 3 nitrogen and oxygen atoms in total. The molecule has 0 atom stereocenters. The van der Waals surface area contributed by atoms with Gasteiger partial charge in [0.1, 0.15) is 5.78 Å². The van der Waals surface area contributed by atoms with Gasteiger partial charge in [0.05, 0.1) is 18.8 Å². The largest absolute Gasteiger partial charge is 0.466 e. The third kappa shape index (κ3) is 7.60. The van der Waals surface area contributed by atoms with E-state index in [1.165, 1.54) is 18.7 Å². The zero-order valence-electron chi connectivity index (χ0n) is 7.46. The molecule has 0 saturated heterocycles. The molecule has 0 rings (SSSR count). The van der Waals surface area contributed by atoms with Crippen molar-refractivity contribution < 1.29 is 14.3 Å². The van der Waals surface area contributed by atoms with Gasteiger partial charge in [0, 0.05) is 5.75 Å². The second-order valence-electron chi connectivity index (χ2n) is 2.31. The molecule has 0 aromatic carbocycles. The highest BCUT2D eigenvalue weighted by atomic mass is 32.2. The maximum Gasteiger partial charge on any atom is 0.306 e. The molecular weight excluding hydrogens is 176 g/mol. The number of hydrogen-bond donors (Lipinski definition) is 0. The summed E-state index contributed by atoms with van der Waals surface area (Å²) in [5.41, 5.74) is 0. The van der Waals surface area contributed by atoms with Gasteiger partial charge in [-0.3, -0.25) is 9.59 Å². The van der Waals surface area contributed by atoms with Gasteiger partial charge in [-0.2, -0.15) is 11.8 Å². The Hall–Kier alpha value is -0.510. The molecule has 0 heterocycles. The molecule has 0 aliphatic rings. The number of hydrogen-bond acceptors (Lipinski definition) is 4. The van der Waals surface area contributed by atoms with Crippen molar-refractivity contribution >= 4 is 23.5 Å². The van der Waals surface area contributed by atoms with Crippen molar-refractivity contribution in [2.24, 2.45) is 0 Å². The molecule has 0 aromatic heterocycles. The molecule has 12 heavy (non-hydrogen) atoms. The summed E-state index contributed by atoms with van der Waals surface area (Å²) in [4.78, 5) is 21.2.